The predicted octanol–water partition coefficient (Wildman–Crippen LogP) is 7.02. The fourth-order valence-electron chi connectivity index (χ4n) is 7.97. The van der Waals surface area contributed by atoms with Crippen molar-refractivity contribution in [2.24, 2.45) is 16.7 Å². The Bertz CT molecular complexity index is 1000. The maximum atomic E-state index is 12.9. The molecule has 0 aromatic heterocycles. The molecule has 4 fully saturated rings. The van der Waals surface area contributed by atoms with Crippen molar-refractivity contribution in [3.63, 3.8) is 0 Å². The number of methoxy groups -OCH3 is 1. The number of esters is 1. The summed E-state index contributed by atoms with van der Waals surface area (Å²) in [6.07, 6.45) is 14.3. The number of nitrogens with zero attached hydrogens (tertiary/aromatic N) is 1. The van der Waals surface area contributed by atoms with Crippen LogP contribution in [0.3, 0.4) is 0 Å². The molecule has 0 radical (unpaired) electrons. The second-order valence-electron chi connectivity index (χ2n) is 13.1. The van der Waals surface area contributed by atoms with Gasteiger partial charge in [-0.3, -0.25) is 4.79 Å². The van der Waals surface area contributed by atoms with Crippen molar-refractivity contribution in [1.82, 2.24) is 4.90 Å². The van der Waals surface area contributed by atoms with Crippen LogP contribution < -0.4 is 0 Å². The van der Waals surface area contributed by atoms with Crippen LogP contribution in [-0.2, 0) is 20.7 Å². The summed E-state index contributed by atoms with van der Waals surface area (Å²) in [6.45, 7) is 8.25. The highest BCUT2D eigenvalue weighted by Gasteiger charge is 2.63. The molecular formula is C32H47NO4S. The van der Waals surface area contributed by atoms with Crippen LogP contribution >= 0.6 is 11.8 Å². The summed E-state index contributed by atoms with van der Waals surface area (Å²) in [4.78, 5) is 26.8. The Balaban J connectivity index is 1.18. The van der Waals surface area contributed by atoms with Gasteiger partial charge in [0.15, 0.2) is 0 Å². The summed E-state index contributed by atoms with van der Waals surface area (Å²) < 4.78 is 12.0. The van der Waals surface area contributed by atoms with Crippen LogP contribution in [0.2, 0.25) is 0 Å². The number of rotatable bonds is 10. The molecule has 5 rings (SSSR count). The SMILES string of the molecule is COC(=O)c1ccc(CCCC2SCC(=O)N2CCC2(OC3CC4CCC3(C)C4(C)C)CCCCC2)cc1. The zero-order chi connectivity index (χ0) is 27.0. The van der Waals surface area contributed by atoms with Crippen LogP contribution in [0.5, 0.6) is 0 Å². The van der Waals surface area contributed by atoms with E-state index in [0.29, 0.717) is 28.7 Å². The standard InChI is InChI=1S/C32H47NO4S/c1-30(2)25-15-18-31(30,3)26(21-25)37-32(16-6-5-7-17-32)19-20-33-27(34)22-38-28(33)10-8-9-23-11-13-24(14-12-23)29(35)36-4/h11-14,25-26,28H,5-10,15-22H2,1-4H3. The normalized spacial score (nSPS) is 31.6. The molecular weight excluding hydrogens is 494 g/mol. The Morgan fingerprint density at radius 2 is 1.82 bits per heavy atom. The molecule has 1 amide bonds. The number of carbonyl (C=O) groups excluding carboxylic acids is 2. The van der Waals surface area contributed by atoms with Gasteiger partial charge in [-0.25, -0.2) is 4.79 Å². The molecule has 5 nitrogen and oxygen atoms in total. The fourth-order valence-corrected chi connectivity index (χ4v) is 9.21. The van der Waals surface area contributed by atoms with Gasteiger partial charge in [0.25, 0.3) is 0 Å². The molecule has 2 bridgehead atoms. The van der Waals surface area contributed by atoms with Gasteiger partial charge in [-0.1, -0.05) is 52.2 Å². The van der Waals surface area contributed by atoms with E-state index in [4.69, 9.17) is 9.47 Å². The van der Waals surface area contributed by atoms with Crippen LogP contribution in [0.15, 0.2) is 24.3 Å². The van der Waals surface area contributed by atoms with Crippen molar-refractivity contribution in [3.05, 3.63) is 35.4 Å². The van der Waals surface area contributed by atoms with Crippen molar-refractivity contribution in [2.45, 2.75) is 115 Å². The van der Waals surface area contributed by atoms with E-state index in [1.54, 1.807) is 11.8 Å². The van der Waals surface area contributed by atoms with Gasteiger partial charge in [-0.05, 0) is 92.2 Å². The third kappa shape index (κ3) is 5.29. The largest absolute Gasteiger partial charge is 0.465 e. The number of ether oxygens (including phenoxy) is 2. The van der Waals surface area contributed by atoms with E-state index in [0.717, 1.165) is 51.0 Å². The molecule has 1 aliphatic heterocycles. The molecule has 4 aliphatic rings. The van der Waals surface area contributed by atoms with Crippen molar-refractivity contribution in [3.8, 4) is 0 Å². The lowest BCUT2D eigenvalue weighted by Gasteiger charge is -2.46. The Hall–Kier alpha value is -1.53. The van der Waals surface area contributed by atoms with E-state index in [9.17, 15) is 9.59 Å². The third-order valence-corrected chi connectivity index (χ3v) is 12.3. The lowest BCUT2D eigenvalue weighted by molar-refractivity contribution is -0.163. The summed E-state index contributed by atoms with van der Waals surface area (Å²) in [7, 11) is 1.41. The van der Waals surface area contributed by atoms with Gasteiger partial charge in [0.05, 0.1) is 35.5 Å². The van der Waals surface area contributed by atoms with Gasteiger partial charge in [-0.15, -0.1) is 11.8 Å². The highest BCUT2D eigenvalue weighted by Crippen LogP contribution is 2.67. The van der Waals surface area contributed by atoms with Gasteiger partial charge in [0, 0.05) is 6.54 Å². The second kappa shape index (κ2) is 11.2. The third-order valence-electron chi connectivity index (χ3n) is 11.0. The van der Waals surface area contributed by atoms with Crippen molar-refractivity contribution in [2.75, 3.05) is 19.4 Å². The van der Waals surface area contributed by atoms with Crippen LogP contribution in [0.4, 0.5) is 0 Å². The number of aryl methyl sites for hydroxylation is 1. The molecule has 1 heterocycles. The monoisotopic (exact) mass is 541 g/mol. The zero-order valence-corrected chi connectivity index (χ0v) is 24.7. The van der Waals surface area contributed by atoms with Crippen molar-refractivity contribution >= 4 is 23.6 Å². The van der Waals surface area contributed by atoms with Gasteiger partial charge in [-0.2, -0.15) is 0 Å². The first kappa shape index (κ1) is 28.0. The van der Waals surface area contributed by atoms with Gasteiger partial charge < -0.3 is 14.4 Å². The number of thioether (sulfide) groups is 1. The Labute approximate surface area is 233 Å². The lowest BCUT2D eigenvalue weighted by Crippen LogP contribution is -2.47. The minimum Gasteiger partial charge on any atom is -0.465 e. The average molecular weight is 542 g/mol. The molecule has 4 unspecified atom stereocenters. The van der Waals surface area contributed by atoms with Crippen LogP contribution in [0.1, 0.15) is 107 Å². The van der Waals surface area contributed by atoms with E-state index in [-0.39, 0.29) is 22.4 Å². The number of hydrogen-bond acceptors (Lipinski definition) is 5. The minimum atomic E-state index is -0.300. The van der Waals surface area contributed by atoms with Crippen molar-refractivity contribution < 1.29 is 19.1 Å². The first-order valence-corrected chi connectivity index (χ1v) is 16.0. The Morgan fingerprint density at radius 3 is 2.45 bits per heavy atom. The molecule has 1 saturated heterocycles. The van der Waals surface area contributed by atoms with Crippen LogP contribution in [0, 0.1) is 16.7 Å². The first-order chi connectivity index (χ1) is 18.2. The zero-order valence-electron chi connectivity index (χ0n) is 23.9. The van der Waals surface area contributed by atoms with E-state index in [1.165, 1.54) is 51.2 Å². The summed E-state index contributed by atoms with van der Waals surface area (Å²) in [5.74, 6) is 1.38. The number of carbonyl (C=O) groups is 2. The van der Waals surface area contributed by atoms with Gasteiger partial charge in [0.1, 0.15) is 0 Å². The Kier molecular flexibility index (Phi) is 8.22. The summed E-state index contributed by atoms with van der Waals surface area (Å²) in [5.41, 5.74) is 2.38. The van der Waals surface area contributed by atoms with Gasteiger partial charge in [0.2, 0.25) is 5.91 Å². The van der Waals surface area contributed by atoms with E-state index in [2.05, 4.69) is 25.7 Å². The maximum absolute atomic E-state index is 12.9. The highest BCUT2D eigenvalue weighted by molar-refractivity contribution is 8.00. The average Bonchev–Trinajstić information content (AvgIpc) is 3.44. The first-order valence-electron chi connectivity index (χ1n) is 14.9. The molecule has 0 N–H and O–H groups in total. The summed E-state index contributed by atoms with van der Waals surface area (Å²) in [6, 6.07) is 7.70. The topological polar surface area (TPSA) is 55.8 Å². The molecule has 3 saturated carbocycles. The summed E-state index contributed by atoms with van der Waals surface area (Å²) in [5, 5.41) is 0.261. The lowest BCUT2D eigenvalue weighted by atomic mass is 9.69. The maximum Gasteiger partial charge on any atom is 0.337 e. The smallest absolute Gasteiger partial charge is 0.337 e. The molecule has 38 heavy (non-hydrogen) atoms. The molecule has 1 aromatic rings. The second-order valence-corrected chi connectivity index (χ2v) is 14.3. The highest BCUT2D eigenvalue weighted by atomic mass is 32.2. The van der Waals surface area contributed by atoms with Crippen LogP contribution in [-0.4, -0.2) is 53.3 Å². The molecule has 210 valence electrons. The van der Waals surface area contributed by atoms with Gasteiger partial charge >= 0.3 is 5.97 Å². The van der Waals surface area contributed by atoms with E-state index >= 15 is 0 Å². The molecule has 6 heteroatoms. The number of amides is 1. The molecule has 1 aromatic carbocycles. The minimum absolute atomic E-state index is 0.0635. The molecule has 3 aliphatic carbocycles. The summed E-state index contributed by atoms with van der Waals surface area (Å²) >= 11 is 1.80. The fraction of sp³-hybridized carbons (Fsp3) is 0.750. The number of benzene rings is 1. The van der Waals surface area contributed by atoms with Crippen molar-refractivity contribution in [1.29, 1.82) is 0 Å². The Morgan fingerprint density at radius 1 is 1.08 bits per heavy atom. The predicted molar refractivity (Wildman–Crippen MR) is 153 cm³/mol. The van der Waals surface area contributed by atoms with E-state index in [1.807, 2.05) is 24.3 Å². The van der Waals surface area contributed by atoms with E-state index < -0.39 is 0 Å². The molecule has 0 spiro atoms. The van der Waals surface area contributed by atoms with Crippen LogP contribution in [0.25, 0.3) is 0 Å². The quantitative estimate of drug-likeness (QED) is 0.298. The number of hydrogen-bond donors (Lipinski definition) is 0. The number of fused-ring (bicyclic) bond motifs is 2. The molecule has 4 atom stereocenters.